The van der Waals surface area contributed by atoms with E-state index in [0.717, 1.165) is 0 Å². The molecule has 1 aromatic rings. The summed E-state index contributed by atoms with van der Waals surface area (Å²) in [5.41, 5.74) is 1.61. The number of carbonyl (C=O) groups excluding carboxylic acids is 1. The Morgan fingerprint density at radius 3 is 2.62 bits per heavy atom. The number of benzene rings is 1. The Bertz CT molecular complexity index is 725. The molecule has 1 atom stereocenters. The molecule has 6 nitrogen and oxygen atoms in total. The molecule has 1 aliphatic rings. The zero-order chi connectivity index (χ0) is 19.3. The van der Waals surface area contributed by atoms with Gasteiger partial charge in [-0.1, -0.05) is 13.0 Å². The molecule has 0 bridgehead atoms. The van der Waals surface area contributed by atoms with Crippen molar-refractivity contribution in [2.24, 2.45) is 0 Å². The SMILES string of the molecule is CCOc1cc([C@@H]2NC(=S)NC(CC)=C2C(=O)OC)ccc1OC(F)F. The lowest BCUT2D eigenvalue weighted by Gasteiger charge is -2.30. The maximum Gasteiger partial charge on any atom is 0.387 e. The molecule has 1 heterocycles. The first-order chi connectivity index (χ1) is 12.4. The number of hydrogen-bond donors (Lipinski definition) is 2. The van der Waals surface area contributed by atoms with Gasteiger partial charge in [0.1, 0.15) is 0 Å². The Morgan fingerprint density at radius 2 is 2.04 bits per heavy atom. The summed E-state index contributed by atoms with van der Waals surface area (Å²) in [5, 5.41) is 6.31. The third kappa shape index (κ3) is 4.40. The van der Waals surface area contributed by atoms with Gasteiger partial charge in [0.2, 0.25) is 0 Å². The minimum absolute atomic E-state index is 0.0820. The van der Waals surface area contributed by atoms with Crippen LogP contribution in [0.25, 0.3) is 0 Å². The summed E-state index contributed by atoms with van der Waals surface area (Å²) in [5.74, 6) is -0.444. The molecular formula is C17H20F2N2O4S. The van der Waals surface area contributed by atoms with Gasteiger partial charge in [-0.15, -0.1) is 0 Å². The highest BCUT2D eigenvalue weighted by molar-refractivity contribution is 7.80. The topological polar surface area (TPSA) is 68.8 Å². The van der Waals surface area contributed by atoms with Crippen LogP contribution in [0.5, 0.6) is 11.5 Å². The van der Waals surface area contributed by atoms with Crippen molar-refractivity contribution in [3.63, 3.8) is 0 Å². The van der Waals surface area contributed by atoms with Gasteiger partial charge >= 0.3 is 12.6 Å². The number of nitrogens with one attached hydrogen (secondary N) is 2. The van der Waals surface area contributed by atoms with Crippen LogP contribution in [-0.2, 0) is 9.53 Å². The van der Waals surface area contributed by atoms with Gasteiger partial charge in [-0.3, -0.25) is 0 Å². The molecule has 2 N–H and O–H groups in total. The number of methoxy groups -OCH3 is 1. The smallest absolute Gasteiger partial charge is 0.387 e. The van der Waals surface area contributed by atoms with Gasteiger partial charge in [0, 0.05) is 5.70 Å². The van der Waals surface area contributed by atoms with Gasteiger partial charge in [-0.2, -0.15) is 8.78 Å². The fraction of sp³-hybridized carbons (Fsp3) is 0.412. The van der Waals surface area contributed by atoms with E-state index in [4.69, 9.17) is 21.7 Å². The van der Waals surface area contributed by atoms with Crippen molar-refractivity contribution in [1.82, 2.24) is 10.6 Å². The van der Waals surface area contributed by atoms with Crippen molar-refractivity contribution in [2.75, 3.05) is 13.7 Å². The Balaban J connectivity index is 2.51. The predicted octanol–water partition coefficient (Wildman–Crippen LogP) is 3.04. The molecule has 1 aromatic carbocycles. The predicted molar refractivity (Wildman–Crippen MR) is 95.2 cm³/mol. The second-order valence-electron chi connectivity index (χ2n) is 5.29. The number of hydrogen-bond acceptors (Lipinski definition) is 5. The zero-order valence-electron chi connectivity index (χ0n) is 14.6. The van der Waals surface area contributed by atoms with Gasteiger partial charge in [-0.05, 0) is 43.3 Å². The highest BCUT2D eigenvalue weighted by Gasteiger charge is 2.32. The molecule has 0 spiro atoms. The number of esters is 1. The Labute approximate surface area is 155 Å². The molecule has 26 heavy (non-hydrogen) atoms. The van der Waals surface area contributed by atoms with Crippen LogP contribution in [0.4, 0.5) is 8.78 Å². The number of ether oxygens (including phenoxy) is 3. The molecule has 9 heteroatoms. The van der Waals surface area contributed by atoms with E-state index in [0.29, 0.717) is 28.4 Å². The summed E-state index contributed by atoms with van der Waals surface area (Å²) in [4.78, 5) is 12.3. The number of alkyl halides is 2. The van der Waals surface area contributed by atoms with Crippen molar-refractivity contribution in [3.8, 4) is 11.5 Å². The van der Waals surface area contributed by atoms with Gasteiger partial charge in [-0.25, -0.2) is 4.79 Å². The summed E-state index contributed by atoms with van der Waals surface area (Å²) in [6, 6.07) is 3.89. The van der Waals surface area contributed by atoms with E-state index in [1.165, 1.54) is 13.2 Å². The minimum atomic E-state index is -2.97. The molecule has 0 radical (unpaired) electrons. The molecule has 142 valence electrons. The summed E-state index contributed by atoms with van der Waals surface area (Å²) in [6.45, 7) is 0.899. The van der Waals surface area contributed by atoms with Crippen LogP contribution >= 0.6 is 12.2 Å². The summed E-state index contributed by atoms with van der Waals surface area (Å²) < 4.78 is 39.9. The number of thiocarbonyl (C=S) groups is 1. The summed E-state index contributed by atoms with van der Waals surface area (Å²) in [6.07, 6.45) is 0.535. The first-order valence-corrected chi connectivity index (χ1v) is 8.42. The second-order valence-corrected chi connectivity index (χ2v) is 5.69. The Kier molecular flexibility index (Phi) is 6.73. The molecule has 0 aromatic heterocycles. The first-order valence-electron chi connectivity index (χ1n) is 8.01. The van der Waals surface area contributed by atoms with Crippen molar-refractivity contribution >= 4 is 23.3 Å². The largest absolute Gasteiger partial charge is 0.490 e. The van der Waals surface area contributed by atoms with Crippen molar-refractivity contribution in [1.29, 1.82) is 0 Å². The van der Waals surface area contributed by atoms with Crippen LogP contribution in [0.1, 0.15) is 31.9 Å². The van der Waals surface area contributed by atoms with E-state index in [9.17, 15) is 13.6 Å². The maximum atomic E-state index is 12.6. The van der Waals surface area contributed by atoms with Gasteiger partial charge < -0.3 is 24.8 Å². The lowest BCUT2D eigenvalue weighted by molar-refractivity contribution is -0.136. The van der Waals surface area contributed by atoms with Crippen LogP contribution < -0.4 is 20.1 Å². The lowest BCUT2D eigenvalue weighted by Crippen LogP contribution is -2.45. The average molecular weight is 386 g/mol. The fourth-order valence-corrected chi connectivity index (χ4v) is 2.90. The van der Waals surface area contributed by atoms with Crippen molar-refractivity contribution in [2.45, 2.75) is 32.9 Å². The number of halogens is 2. The van der Waals surface area contributed by atoms with Crippen molar-refractivity contribution in [3.05, 3.63) is 35.0 Å². The van der Waals surface area contributed by atoms with E-state index in [1.54, 1.807) is 19.1 Å². The average Bonchev–Trinajstić information content (AvgIpc) is 2.61. The fourth-order valence-electron chi connectivity index (χ4n) is 2.66. The van der Waals surface area contributed by atoms with E-state index in [1.807, 2.05) is 6.92 Å². The number of carbonyl (C=O) groups is 1. The van der Waals surface area contributed by atoms with Crippen LogP contribution in [0.3, 0.4) is 0 Å². The minimum Gasteiger partial charge on any atom is -0.490 e. The third-order valence-corrected chi connectivity index (χ3v) is 3.95. The van der Waals surface area contributed by atoms with Gasteiger partial charge in [0.15, 0.2) is 16.6 Å². The quantitative estimate of drug-likeness (QED) is 0.551. The molecule has 0 saturated carbocycles. The first kappa shape index (κ1) is 19.9. The summed E-state index contributed by atoms with van der Waals surface area (Å²) >= 11 is 5.21. The Hall–Kier alpha value is -2.42. The standard InChI is InChI=1S/C17H20F2N2O4S/c1-4-10-13(15(22)23-3)14(21-17(26)20-10)9-6-7-11(25-16(18)19)12(8-9)24-5-2/h6-8,14,16H,4-5H2,1-3H3,(H2,20,21,26)/t14-/m0/s1. The zero-order valence-corrected chi connectivity index (χ0v) is 15.4. The highest BCUT2D eigenvalue weighted by atomic mass is 32.1. The molecule has 0 fully saturated rings. The Morgan fingerprint density at radius 1 is 1.31 bits per heavy atom. The molecule has 2 rings (SSSR count). The van der Waals surface area contributed by atoms with Crippen LogP contribution in [0, 0.1) is 0 Å². The van der Waals surface area contributed by atoms with E-state index >= 15 is 0 Å². The van der Waals surface area contributed by atoms with E-state index < -0.39 is 18.6 Å². The third-order valence-electron chi connectivity index (χ3n) is 3.73. The second kappa shape index (κ2) is 8.79. The van der Waals surface area contributed by atoms with Crippen LogP contribution in [0.15, 0.2) is 29.5 Å². The molecule has 0 aliphatic carbocycles. The highest BCUT2D eigenvalue weighted by Crippen LogP contribution is 2.35. The van der Waals surface area contributed by atoms with Crippen LogP contribution in [-0.4, -0.2) is 31.4 Å². The van der Waals surface area contributed by atoms with Crippen LogP contribution in [0.2, 0.25) is 0 Å². The van der Waals surface area contributed by atoms with Gasteiger partial charge in [0.25, 0.3) is 0 Å². The lowest BCUT2D eigenvalue weighted by atomic mass is 9.94. The normalized spacial score (nSPS) is 16.8. The van der Waals surface area contributed by atoms with Gasteiger partial charge in [0.05, 0.1) is 25.3 Å². The number of rotatable bonds is 7. The molecular weight excluding hydrogens is 366 g/mol. The monoisotopic (exact) mass is 386 g/mol. The summed E-state index contributed by atoms with van der Waals surface area (Å²) in [7, 11) is 1.29. The maximum absolute atomic E-state index is 12.6. The molecule has 1 aliphatic heterocycles. The van der Waals surface area contributed by atoms with Crippen molar-refractivity contribution < 1.29 is 27.8 Å². The van der Waals surface area contributed by atoms with E-state index in [2.05, 4.69) is 15.4 Å². The van der Waals surface area contributed by atoms with E-state index in [-0.39, 0.29) is 18.1 Å². The molecule has 0 unspecified atom stereocenters. The number of allylic oxidation sites excluding steroid dienone is 1. The molecule has 0 saturated heterocycles. The molecule has 0 amide bonds.